The number of nitrogens with zero attached hydrogens (tertiary/aromatic N) is 4. The van der Waals surface area contributed by atoms with Crippen molar-refractivity contribution in [3.8, 4) is 6.07 Å². The normalized spacial score (nSPS) is 12.5. The summed E-state index contributed by atoms with van der Waals surface area (Å²) in [7, 11) is 3.48. The number of para-hydroxylation sites is 3. The lowest BCUT2D eigenvalue weighted by Gasteiger charge is -2.19. The van der Waals surface area contributed by atoms with Crippen LogP contribution in [0.25, 0.3) is 6.08 Å². The molecule has 0 spiro atoms. The van der Waals surface area contributed by atoms with E-state index in [1.54, 1.807) is 30.0 Å². The number of benzene rings is 2. The fourth-order valence-electron chi connectivity index (χ4n) is 3.27. The summed E-state index contributed by atoms with van der Waals surface area (Å²) in [4.78, 5) is 38.5. The minimum atomic E-state index is -0.856. The second-order valence-corrected chi connectivity index (χ2v) is 6.60. The monoisotopic (exact) mass is 418 g/mol. The number of rotatable bonds is 6. The van der Waals surface area contributed by atoms with Crippen LogP contribution in [0.1, 0.15) is 5.56 Å². The molecule has 0 radical (unpaired) electrons. The Hall–Kier alpha value is -4.45. The summed E-state index contributed by atoms with van der Waals surface area (Å²) in [6.45, 7) is -0.634. The molecule has 0 aliphatic carbocycles. The molecule has 31 heavy (non-hydrogen) atoms. The minimum Gasteiger partial charge on any atom is -0.454 e. The van der Waals surface area contributed by atoms with Gasteiger partial charge in [-0.05, 0) is 24.3 Å². The van der Waals surface area contributed by atoms with Gasteiger partial charge in [0.15, 0.2) is 6.61 Å². The van der Waals surface area contributed by atoms with Gasteiger partial charge in [-0.25, -0.2) is 4.79 Å². The molecule has 0 saturated carbocycles. The number of carbonyl (C=O) groups excluding carboxylic acids is 2. The lowest BCUT2D eigenvalue weighted by atomic mass is 10.1. The highest BCUT2D eigenvalue weighted by atomic mass is 16.6. The molecule has 3 rings (SSSR count). The van der Waals surface area contributed by atoms with E-state index in [-0.39, 0.29) is 16.8 Å². The molecule has 9 nitrogen and oxygen atoms in total. The number of ether oxygens (including phenoxy) is 1. The lowest BCUT2D eigenvalue weighted by Crippen LogP contribution is -2.27. The van der Waals surface area contributed by atoms with E-state index < -0.39 is 23.3 Å². The highest BCUT2D eigenvalue weighted by molar-refractivity contribution is 6.04. The van der Waals surface area contributed by atoms with E-state index in [2.05, 4.69) is 0 Å². The van der Waals surface area contributed by atoms with Gasteiger partial charge in [-0.15, -0.1) is 0 Å². The molecule has 2 aromatic carbocycles. The molecule has 0 N–H and O–H groups in total. The predicted octanol–water partition coefficient (Wildman–Crippen LogP) is 3.04. The van der Waals surface area contributed by atoms with Crippen LogP contribution >= 0.6 is 0 Å². The molecule has 0 bridgehead atoms. The number of nitro benzene ring substituents is 1. The Morgan fingerprint density at radius 2 is 1.68 bits per heavy atom. The standard InChI is InChI=1S/C22H18N4O5/c1-24-18-9-5-6-10-19(18)25(2)22(24)16(13-23)20(27)14-31-21(28)12-11-15-7-3-4-8-17(15)26(29)30/h3-12H,14H2,1-2H3/b12-11+. The highest BCUT2D eigenvalue weighted by Crippen LogP contribution is 2.40. The number of ketones is 1. The predicted molar refractivity (Wildman–Crippen MR) is 114 cm³/mol. The van der Waals surface area contributed by atoms with Gasteiger partial charge in [0.2, 0.25) is 5.78 Å². The number of Topliss-reactive ketones (excluding diaryl/α,β-unsaturated/α-hetero) is 1. The maximum atomic E-state index is 12.6. The molecule has 9 heteroatoms. The van der Waals surface area contributed by atoms with Crippen LogP contribution < -0.4 is 9.80 Å². The molecule has 0 unspecified atom stereocenters. The van der Waals surface area contributed by atoms with Crippen LogP contribution in [-0.4, -0.2) is 37.4 Å². The summed E-state index contributed by atoms with van der Waals surface area (Å²) in [5, 5.41) is 20.6. The zero-order valence-corrected chi connectivity index (χ0v) is 16.8. The number of carbonyl (C=O) groups is 2. The Kier molecular flexibility index (Phi) is 6.12. The Labute approximate surface area is 178 Å². The van der Waals surface area contributed by atoms with Gasteiger partial charge in [-0.1, -0.05) is 24.3 Å². The van der Waals surface area contributed by atoms with Crippen molar-refractivity contribution >= 4 is 34.9 Å². The first-order valence-corrected chi connectivity index (χ1v) is 9.17. The van der Waals surface area contributed by atoms with Crippen molar-refractivity contribution in [2.24, 2.45) is 0 Å². The van der Waals surface area contributed by atoms with Gasteiger partial charge in [0, 0.05) is 26.2 Å². The van der Waals surface area contributed by atoms with Crippen molar-refractivity contribution in [2.75, 3.05) is 30.5 Å². The fourth-order valence-corrected chi connectivity index (χ4v) is 3.27. The van der Waals surface area contributed by atoms with Crippen molar-refractivity contribution in [1.82, 2.24) is 0 Å². The molecular weight excluding hydrogens is 400 g/mol. The SMILES string of the molecule is CN1C(=C(C#N)C(=O)COC(=O)/C=C/c2ccccc2[N+](=O)[O-])N(C)c2ccccc21. The number of nitriles is 1. The number of hydrogen-bond acceptors (Lipinski definition) is 8. The van der Waals surface area contributed by atoms with E-state index in [1.165, 1.54) is 24.3 Å². The van der Waals surface area contributed by atoms with Crippen molar-refractivity contribution in [2.45, 2.75) is 0 Å². The average Bonchev–Trinajstić information content (AvgIpc) is 3.02. The Bertz CT molecular complexity index is 1130. The minimum absolute atomic E-state index is 0.142. The molecule has 2 aromatic rings. The van der Waals surface area contributed by atoms with Crippen molar-refractivity contribution in [3.05, 3.63) is 81.7 Å². The van der Waals surface area contributed by atoms with Crippen LogP contribution in [-0.2, 0) is 14.3 Å². The first-order chi connectivity index (χ1) is 14.8. The highest BCUT2D eigenvalue weighted by Gasteiger charge is 2.31. The van der Waals surface area contributed by atoms with E-state index in [4.69, 9.17) is 4.74 Å². The number of anilines is 2. The second kappa shape index (κ2) is 8.92. The van der Waals surface area contributed by atoms with Crippen LogP contribution in [0.2, 0.25) is 0 Å². The van der Waals surface area contributed by atoms with Gasteiger partial charge in [-0.2, -0.15) is 5.26 Å². The molecule has 0 saturated heterocycles. The molecule has 0 fully saturated rings. The zero-order valence-electron chi connectivity index (χ0n) is 16.8. The van der Waals surface area contributed by atoms with Gasteiger partial charge >= 0.3 is 5.97 Å². The van der Waals surface area contributed by atoms with Crippen molar-refractivity contribution in [1.29, 1.82) is 5.26 Å². The van der Waals surface area contributed by atoms with E-state index in [1.807, 2.05) is 30.3 Å². The summed E-state index contributed by atoms with van der Waals surface area (Å²) >= 11 is 0. The van der Waals surface area contributed by atoms with Crippen molar-refractivity contribution < 1.29 is 19.2 Å². The maximum absolute atomic E-state index is 12.6. The van der Waals surface area contributed by atoms with Crippen molar-refractivity contribution in [3.63, 3.8) is 0 Å². The molecule has 0 aromatic heterocycles. The van der Waals surface area contributed by atoms with Gasteiger partial charge in [0.05, 0.1) is 21.9 Å². The first-order valence-electron chi connectivity index (χ1n) is 9.17. The average molecular weight is 418 g/mol. The fraction of sp³-hybridized carbons (Fsp3) is 0.136. The van der Waals surface area contributed by atoms with Crippen LogP contribution in [0.5, 0.6) is 0 Å². The molecule has 156 valence electrons. The Morgan fingerprint density at radius 1 is 1.10 bits per heavy atom. The van der Waals surface area contributed by atoms with E-state index in [9.17, 15) is 25.0 Å². The van der Waals surface area contributed by atoms with Crippen LogP contribution in [0.3, 0.4) is 0 Å². The summed E-state index contributed by atoms with van der Waals surface area (Å²) in [6, 6.07) is 15.2. The van der Waals surface area contributed by atoms with Gasteiger partial charge in [0.25, 0.3) is 5.69 Å². The number of esters is 1. The summed E-state index contributed by atoms with van der Waals surface area (Å²) in [5.41, 5.74) is 1.60. The van der Waals surface area contributed by atoms with E-state index in [0.717, 1.165) is 17.5 Å². The third kappa shape index (κ3) is 4.28. The molecule has 1 heterocycles. The smallest absolute Gasteiger partial charge is 0.331 e. The summed E-state index contributed by atoms with van der Waals surface area (Å²) < 4.78 is 4.95. The third-order valence-electron chi connectivity index (χ3n) is 4.73. The Morgan fingerprint density at radius 3 is 2.26 bits per heavy atom. The van der Waals surface area contributed by atoms with Gasteiger partial charge in [-0.3, -0.25) is 14.9 Å². The maximum Gasteiger partial charge on any atom is 0.331 e. The van der Waals surface area contributed by atoms with Crippen LogP contribution in [0, 0.1) is 21.4 Å². The molecule has 1 aliphatic heterocycles. The summed E-state index contributed by atoms with van der Waals surface area (Å²) in [6.07, 6.45) is 2.24. The second-order valence-electron chi connectivity index (χ2n) is 6.60. The lowest BCUT2D eigenvalue weighted by molar-refractivity contribution is -0.385. The van der Waals surface area contributed by atoms with E-state index in [0.29, 0.717) is 5.82 Å². The molecule has 0 amide bonds. The largest absolute Gasteiger partial charge is 0.454 e. The quantitative estimate of drug-likeness (QED) is 0.231. The number of hydrogen-bond donors (Lipinski definition) is 0. The molecule has 1 aliphatic rings. The topological polar surface area (TPSA) is 117 Å². The van der Waals surface area contributed by atoms with Gasteiger partial charge < -0.3 is 14.5 Å². The van der Waals surface area contributed by atoms with E-state index >= 15 is 0 Å². The first kappa shape index (κ1) is 21.3. The molecular formula is C22H18N4O5. The zero-order chi connectivity index (χ0) is 22.5. The summed E-state index contributed by atoms with van der Waals surface area (Å²) in [5.74, 6) is -1.12. The number of nitro groups is 1. The van der Waals surface area contributed by atoms with Crippen LogP contribution in [0.4, 0.5) is 17.1 Å². The third-order valence-corrected chi connectivity index (χ3v) is 4.73. The van der Waals surface area contributed by atoms with Crippen LogP contribution in [0.15, 0.2) is 66.0 Å². The Balaban J connectivity index is 1.72. The number of fused-ring (bicyclic) bond motifs is 1. The van der Waals surface area contributed by atoms with Gasteiger partial charge in [0.1, 0.15) is 17.5 Å². The molecule has 0 atom stereocenters.